The lowest BCUT2D eigenvalue weighted by atomic mass is 9.67. The van der Waals surface area contributed by atoms with Crippen LogP contribution < -0.4 is 15.5 Å². The van der Waals surface area contributed by atoms with Crippen LogP contribution in [-0.4, -0.2) is 60.5 Å². The molecule has 1 spiro atoms. The fraction of sp³-hybridized carbons (Fsp3) is 0.615. The maximum atomic E-state index is 13.0. The first kappa shape index (κ1) is 25.0. The van der Waals surface area contributed by atoms with E-state index in [1.165, 1.54) is 12.8 Å². The molecule has 1 saturated carbocycles. The van der Waals surface area contributed by atoms with Gasteiger partial charge in [0.05, 0.1) is 0 Å². The lowest BCUT2D eigenvalue weighted by Crippen LogP contribution is -2.50. The van der Waals surface area contributed by atoms with E-state index in [-0.39, 0.29) is 11.3 Å². The van der Waals surface area contributed by atoms with Crippen LogP contribution in [-0.2, 0) is 19.1 Å². The maximum absolute atomic E-state index is 13.0. The normalized spacial score (nSPS) is 24.6. The van der Waals surface area contributed by atoms with Crippen molar-refractivity contribution in [3.63, 3.8) is 0 Å². The number of benzene rings is 1. The average Bonchev–Trinajstić information content (AvgIpc) is 3.42. The molecule has 2 N–H and O–H groups in total. The lowest BCUT2D eigenvalue weighted by Gasteiger charge is -2.40. The highest BCUT2D eigenvalue weighted by molar-refractivity contribution is 6.08. The van der Waals surface area contributed by atoms with E-state index in [4.69, 9.17) is 4.74 Å². The van der Waals surface area contributed by atoms with E-state index in [0.717, 1.165) is 36.5 Å². The number of ether oxygens (including phenoxy) is 1. The summed E-state index contributed by atoms with van der Waals surface area (Å²) in [5.41, 5.74) is 0.936. The number of carbonyl (C=O) groups is 4. The number of nitrogens with zero attached hydrogens (tertiary/aromatic N) is 2. The summed E-state index contributed by atoms with van der Waals surface area (Å²) >= 11 is 0. The molecule has 2 saturated heterocycles. The summed E-state index contributed by atoms with van der Waals surface area (Å²) in [5, 5.41) is 5.51. The number of anilines is 2. The molecular formula is C26H36N4O5. The summed E-state index contributed by atoms with van der Waals surface area (Å²) < 4.78 is 5.04. The summed E-state index contributed by atoms with van der Waals surface area (Å²) in [7, 11) is 0. The molecule has 1 aromatic rings. The Hall–Kier alpha value is -3.10. The Morgan fingerprint density at radius 1 is 1.09 bits per heavy atom. The van der Waals surface area contributed by atoms with Crippen molar-refractivity contribution in [1.29, 1.82) is 0 Å². The van der Waals surface area contributed by atoms with Gasteiger partial charge in [0.15, 0.2) is 6.61 Å². The number of imide groups is 1. The standard InChI is InChI=1S/C26H36N4O5/c1-25(2,3)18-10-12-26(13-11-18)23(33)30(24(34)28-26)16-22(32)35-17-21(31)27-19-6-8-20(9-7-19)29-14-4-5-15-29/h6-9,18H,4-5,10-17H2,1-3H3,(H,27,31)(H,28,34). The quantitative estimate of drug-likeness (QED) is 0.474. The number of urea groups is 1. The van der Waals surface area contributed by atoms with Crippen molar-refractivity contribution in [2.24, 2.45) is 11.3 Å². The van der Waals surface area contributed by atoms with E-state index in [1.807, 2.05) is 24.3 Å². The van der Waals surface area contributed by atoms with E-state index >= 15 is 0 Å². The molecule has 3 fully saturated rings. The van der Waals surface area contributed by atoms with Crippen LogP contribution in [0.15, 0.2) is 24.3 Å². The first-order valence-corrected chi connectivity index (χ1v) is 12.5. The Morgan fingerprint density at radius 2 is 1.71 bits per heavy atom. The Kier molecular flexibility index (Phi) is 7.05. The van der Waals surface area contributed by atoms with E-state index in [2.05, 4.69) is 36.3 Å². The molecule has 1 aliphatic carbocycles. The van der Waals surface area contributed by atoms with E-state index in [9.17, 15) is 19.2 Å². The highest BCUT2D eigenvalue weighted by Crippen LogP contribution is 2.43. The monoisotopic (exact) mass is 484 g/mol. The molecule has 35 heavy (non-hydrogen) atoms. The molecule has 190 valence electrons. The van der Waals surface area contributed by atoms with E-state index in [0.29, 0.717) is 24.4 Å². The van der Waals surface area contributed by atoms with Crippen molar-refractivity contribution >= 4 is 35.2 Å². The molecule has 0 unspecified atom stereocenters. The molecule has 4 amide bonds. The molecule has 0 atom stereocenters. The molecule has 0 aromatic heterocycles. The molecule has 2 aliphatic heterocycles. The summed E-state index contributed by atoms with van der Waals surface area (Å²) in [5.74, 6) is -1.18. The minimum absolute atomic E-state index is 0.146. The zero-order valence-corrected chi connectivity index (χ0v) is 20.9. The second-order valence-corrected chi connectivity index (χ2v) is 11.0. The van der Waals surface area contributed by atoms with Crippen LogP contribution in [0.2, 0.25) is 0 Å². The third kappa shape index (κ3) is 5.60. The number of hydrogen-bond donors (Lipinski definition) is 2. The summed E-state index contributed by atoms with van der Waals surface area (Å²) in [6, 6.07) is 6.96. The minimum Gasteiger partial charge on any atom is -0.454 e. The highest BCUT2D eigenvalue weighted by atomic mass is 16.5. The summed E-state index contributed by atoms with van der Waals surface area (Å²) in [6.07, 6.45) is 5.17. The average molecular weight is 485 g/mol. The SMILES string of the molecule is CC(C)(C)C1CCC2(CC1)NC(=O)N(CC(=O)OCC(=O)Nc1ccc(N3CCCC3)cc1)C2=O. The third-order valence-electron chi connectivity index (χ3n) is 7.58. The second-order valence-electron chi connectivity index (χ2n) is 11.0. The number of esters is 1. The number of rotatable bonds is 6. The molecule has 3 aliphatic rings. The molecular weight excluding hydrogens is 448 g/mol. The largest absolute Gasteiger partial charge is 0.454 e. The molecule has 9 heteroatoms. The van der Waals surface area contributed by atoms with Crippen molar-refractivity contribution < 1.29 is 23.9 Å². The molecule has 4 rings (SSSR count). The Balaban J connectivity index is 1.23. The number of hydrogen-bond acceptors (Lipinski definition) is 6. The van der Waals surface area contributed by atoms with Gasteiger partial charge in [-0.05, 0) is 74.1 Å². The summed E-state index contributed by atoms with van der Waals surface area (Å²) in [4.78, 5) is 53.3. The van der Waals surface area contributed by atoms with Crippen LogP contribution in [0.5, 0.6) is 0 Å². The van der Waals surface area contributed by atoms with E-state index < -0.39 is 36.6 Å². The van der Waals surface area contributed by atoms with Gasteiger partial charge in [0, 0.05) is 24.5 Å². The van der Waals surface area contributed by atoms with Crippen LogP contribution in [0.25, 0.3) is 0 Å². The molecule has 0 radical (unpaired) electrons. The Morgan fingerprint density at radius 3 is 2.31 bits per heavy atom. The van der Waals surface area contributed by atoms with Crippen molar-refractivity contribution in [1.82, 2.24) is 10.2 Å². The van der Waals surface area contributed by atoms with Crippen LogP contribution in [0.4, 0.5) is 16.2 Å². The predicted octanol–water partition coefficient (Wildman–Crippen LogP) is 3.30. The molecule has 9 nitrogen and oxygen atoms in total. The number of nitrogens with one attached hydrogen (secondary N) is 2. The fourth-order valence-corrected chi connectivity index (χ4v) is 5.38. The zero-order chi connectivity index (χ0) is 25.2. The van der Waals surface area contributed by atoms with Gasteiger partial charge in [0.2, 0.25) is 0 Å². The minimum atomic E-state index is -0.933. The van der Waals surface area contributed by atoms with Gasteiger partial charge in [-0.15, -0.1) is 0 Å². The predicted molar refractivity (Wildman–Crippen MR) is 132 cm³/mol. The molecule has 1 aromatic carbocycles. The number of carbonyl (C=O) groups excluding carboxylic acids is 4. The zero-order valence-electron chi connectivity index (χ0n) is 20.9. The smallest absolute Gasteiger partial charge is 0.326 e. The topological polar surface area (TPSA) is 108 Å². The van der Waals surface area contributed by atoms with Crippen molar-refractivity contribution in [3.05, 3.63) is 24.3 Å². The van der Waals surface area contributed by atoms with Crippen LogP contribution in [0.1, 0.15) is 59.3 Å². The number of amides is 4. The molecule has 2 heterocycles. The van der Waals surface area contributed by atoms with Gasteiger partial charge < -0.3 is 20.3 Å². The van der Waals surface area contributed by atoms with Crippen LogP contribution >= 0.6 is 0 Å². The first-order chi connectivity index (χ1) is 16.6. The molecule has 0 bridgehead atoms. The van der Waals surface area contributed by atoms with Crippen LogP contribution in [0.3, 0.4) is 0 Å². The van der Waals surface area contributed by atoms with Gasteiger partial charge in [-0.3, -0.25) is 19.3 Å². The van der Waals surface area contributed by atoms with Crippen molar-refractivity contribution in [3.8, 4) is 0 Å². The van der Waals surface area contributed by atoms with Gasteiger partial charge in [-0.2, -0.15) is 0 Å². The van der Waals surface area contributed by atoms with Gasteiger partial charge >= 0.3 is 12.0 Å². The van der Waals surface area contributed by atoms with Crippen molar-refractivity contribution in [2.75, 3.05) is 36.5 Å². The summed E-state index contributed by atoms with van der Waals surface area (Å²) in [6.45, 7) is 7.64. The van der Waals surface area contributed by atoms with Gasteiger partial charge in [-0.1, -0.05) is 20.8 Å². The Labute approximate surface area is 206 Å². The lowest BCUT2D eigenvalue weighted by molar-refractivity contribution is -0.150. The van der Waals surface area contributed by atoms with Crippen LogP contribution in [0, 0.1) is 11.3 Å². The second kappa shape index (κ2) is 9.87. The van der Waals surface area contributed by atoms with Gasteiger partial charge in [0.25, 0.3) is 11.8 Å². The maximum Gasteiger partial charge on any atom is 0.326 e. The fourth-order valence-electron chi connectivity index (χ4n) is 5.38. The van der Waals surface area contributed by atoms with Crippen molar-refractivity contribution in [2.45, 2.75) is 64.8 Å². The first-order valence-electron chi connectivity index (χ1n) is 12.5. The third-order valence-corrected chi connectivity index (χ3v) is 7.58. The highest BCUT2D eigenvalue weighted by Gasteiger charge is 2.53. The van der Waals surface area contributed by atoms with E-state index in [1.54, 1.807) is 0 Å². The van der Waals surface area contributed by atoms with Gasteiger partial charge in [-0.25, -0.2) is 4.79 Å². The van der Waals surface area contributed by atoms with Gasteiger partial charge in [0.1, 0.15) is 12.1 Å². The Bertz CT molecular complexity index is 970.